The molecule has 3 heteroatoms. The van der Waals surface area contributed by atoms with Crippen molar-refractivity contribution in [3.63, 3.8) is 0 Å². The highest BCUT2D eigenvalue weighted by atomic mass is 16.5. The molecule has 0 bridgehead atoms. The van der Waals surface area contributed by atoms with E-state index in [1.165, 1.54) is 16.5 Å². The lowest BCUT2D eigenvalue weighted by molar-refractivity contribution is -0.128. The molecule has 0 saturated heterocycles. The van der Waals surface area contributed by atoms with Crippen LogP contribution in [0.3, 0.4) is 0 Å². The van der Waals surface area contributed by atoms with Crippen LogP contribution in [0.25, 0.3) is 10.8 Å². The number of carbonyl (C=O) groups excluding carboxylic acids is 1. The van der Waals surface area contributed by atoms with E-state index in [9.17, 15) is 4.79 Å². The van der Waals surface area contributed by atoms with Crippen molar-refractivity contribution < 1.29 is 9.53 Å². The first-order valence-corrected chi connectivity index (χ1v) is 9.64. The van der Waals surface area contributed by atoms with E-state index < -0.39 is 6.10 Å². The molecule has 0 spiro atoms. The molecule has 1 amide bonds. The van der Waals surface area contributed by atoms with Gasteiger partial charge in [-0.25, -0.2) is 0 Å². The standard InChI is InChI=1S/C24H27NO2/c1-3-23(27-22-15-14-20-8-4-5-9-21(20)17-22)24(26)25-16-6-7-19-12-10-18(2)11-13-19/h4-5,8-15,17,23H,3,6-7,16H2,1-2H3,(H,25,26)/t23-/m1/s1. The van der Waals surface area contributed by atoms with Crippen molar-refractivity contribution in [2.45, 2.75) is 39.2 Å². The second-order valence-electron chi connectivity index (χ2n) is 6.90. The fraction of sp³-hybridized carbons (Fsp3) is 0.292. The summed E-state index contributed by atoms with van der Waals surface area (Å²) < 4.78 is 5.95. The first-order valence-electron chi connectivity index (χ1n) is 9.64. The zero-order valence-electron chi connectivity index (χ0n) is 16.1. The van der Waals surface area contributed by atoms with Gasteiger partial charge in [0.2, 0.25) is 0 Å². The van der Waals surface area contributed by atoms with Gasteiger partial charge in [-0.3, -0.25) is 4.79 Å². The maximum absolute atomic E-state index is 12.5. The van der Waals surface area contributed by atoms with Crippen LogP contribution in [-0.2, 0) is 11.2 Å². The van der Waals surface area contributed by atoms with Gasteiger partial charge in [0, 0.05) is 6.54 Å². The molecular weight excluding hydrogens is 334 g/mol. The molecule has 0 saturated carbocycles. The smallest absolute Gasteiger partial charge is 0.261 e. The highest BCUT2D eigenvalue weighted by Gasteiger charge is 2.17. The summed E-state index contributed by atoms with van der Waals surface area (Å²) in [6, 6.07) is 22.6. The van der Waals surface area contributed by atoms with Gasteiger partial charge in [0.1, 0.15) is 5.75 Å². The average Bonchev–Trinajstić information content (AvgIpc) is 2.70. The van der Waals surface area contributed by atoms with E-state index in [2.05, 4.69) is 42.6 Å². The van der Waals surface area contributed by atoms with Gasteiger partial charge in [-0.1, -0.05) is 67.1 Å². The number of benzene rings is 3. The minimum Gasteiger partial charge on any atom is -0.481 e. The SMILES string of the molecule is CC[C@@H](Oc1ccc2ccccc2c1)C(=O)NCCCc1ccc(C)cc1. The predicted octanol–water partition coefficient (Wildman–Crippen LogP) is 5.05. The lowest BCUT2D eigenvalue weighted by Crippen LogP contribution is -2.38. The minimum atomic E-state index is -0.467. The van der Waals surface area contributed by atoms with Crippen molar-refractivity contribution >= 4 is 16.7 Å². The molecule has 0 aliphatic rings. The van der Waals surface area contributed by atoms with Gasteiger partial charge in [0.25, 0.3) is 5.91 Å². The highest BCUT2D eigenvalue weighted by Crippen LogP contribution is 2.22. The Balaban J connectivity index is 1.50. The predicted molar refractivity (Wildman–Crippen MR) is 111 cm³/mol. The summed E-state index contributed by atoms with van der Waals surface area (Å²) in [7, 11) is 0. The molecule has 0 unspecified atom stereocenters. The van der Waals surface area contributed by atoms with Crippen molar-refractivity contribution in [3.05, 3.63) is 77.9 Å². The van der Waals surface area contributed by atoms with Crippen LogP contribution in [0.1, 0.15) is 30.9 Å². The van der Waals surface area contributed by atoms with Crippen LogP contribution >= 0.6 is 0 Å². The summed E-state index contributed by atoms with van der Waals surface area (Å²) in [4.78, 5) is 12.5. The number of nitrogens with one attached hydrogen (secondary N) is 1. The summed E-state index contributed by atoms with van der Waals surface area (Å²) >= 11 is 0. The first-order chi connectivity index (χ1) is 13.2. The Labute approximate surface area is 161 Å². The van der Waals surface area contributed by atoms with E-state index in [0.717, 1.165) is 24.0 Å². The molecule has 1 N–H and O–H groups in total. The van der Waals surface area contributed by atoms with Crippen molar-refractivity contribution in [1.29, 1.82) is 0 Å². The van der Waals surface area contributed by atoms with Crippen LogP contribution in [0.15, 0.2) is 66.7 Å². The normalized spacial score (nSPS) is 11.9. The van der Waals surface area contributed by atoms with E-state index in [1.54, 1.807) is 0 Å². The molecule has 3 aromatic carbocycles. The van der Waals surface area contributed by atoms with Crippen molar-refractivity contribution in [2.24, 2.45) is 0 Å². The van der Waals surface area contributed by atoms with Crippen molar-refractivity contribution in [1.82, 2.24) is 5.32 Å². The molecule has 27 heavy (non-hydrogen) atoms. The van der Waals surface area contributed by atoms with Gasteiger partial charge in [-0.2, -0.15) is 0 Å². The third-order valence-corrected chi connectivity index (χ3v) is 4.72. The third-order valence-electron chi connectivity index (χ3n) is 4.72. The number of amides is 1. The molecule has 140 valence electrons. The van der Waals surface area contributed by atoms with Gasteiger partial charge < -0.3 is 10.1 Å². The molecule has 3 nitrogen and oxygen atoms in total. The minimum absolute atomic E-state index is 0.0467. The fourth-order valence-electron chi connectivity index (χ4n) is 3.10. The van der Waals surface area contributed by atoms with Gasteiger partial charge in [-0.15, -0.1) is 0 Å². The summed E-state index contributed by atoms with van der Waals surface area (Å²) in [5.74, 6) is 0.685. The quantitative estimate of drug-likeness (QED) is 0.570. The van der Waals surface area contributed by atoms with E-state index in [0.29, 0.717) is 13.0 Å². The number of ether oxygens (including phenoxy) is 1. The third kappa shape index (κ3) is 5.33. The van der Waals surface area contributed by atoms with E-state index in [1.807, 2.05) is 43.3 Å². The van der Waals surface area contributed by atoms with Crippen LogP contribution in [-0.4, -0.2) is 18.6 Å². The fourth-order valence-corrected chi connectivity index (χ4v) is 3.10. The van der Waals surface area contributed by atoms with Crippen LogP contribution < -0.4 is 10.1 Å². The number of rotatable bonds is 8. The molecule has 0 aromatic heterocycles. The number of aryl methyl sites for hydroxylation is 2. The van der Waals surface area contributed by atoms with E-state index in [-0.39, 0.29) is 5.91 Å². The second kappa shape index (κ2) is 9.22. The Bertz CT molecular complexity index is 886. The van der Waals surface area contributed by atoms with Crippen LogP contribution in [0, 0.1) is 6.92 Å². The van der Waals surface area contributed by atoms with Gasteiger partial charge in [0.05, 0.1) is 0 Å². The lowest BCUT2D eigenvalue weighted by Gasteiger charge is -2.17. The summed E-state index contributed by atoms with van der Waals surface area (Å²) in [6.07, 6.45) is 2.05. The van der Waals surface area contributed by atoms with Gasteiger partial charge in [-0.05, 0) is 54.7 Å². The van der Waals surface area contributed by atoms with E-state index in [4.69, 9.17) is 4.74 Å². The van der Waals surface area contributed by atoms with Gasteiger partial charge >= 0.3 is 0 Å². The van der Waals surface area contributed by atoms with Crippen molar-refractivity contribution in [3.8, 4) is 5.75 Å². The number of fused-ring (bicyclic) bond motifs is 1. The largest absolute Gasteiger partial charge is 0.481 e. The highest BCUT2D eigenvalue weighted by molar-refractivity contribution is 5.84. The molecule has 0 heterocycles. The number of hydrogen-bond donors (Lipinski definition) is 1. The Morgan fingerprint density at radius 3 is 2.48 bits per heavy atom. The van der Waals surface area contributed by atoms with Crippen LogP contribution in [0.2, 0.25) is 0 Å². The molecule has 0 fully saturated rings. The Hall–Kier alpha value is -2.81. The molecular formula is C24H27NO2. The molecule has 0 aliphatic carbocycles. The lowest BCUT2D eigenvalue weighted by atomic mass is 10.1. The van der Waals surface area contributed by atoms with Gasteiger partial charge in [0.15, 0.2) is 6.10 Å². The Kier molecular flexibility index (Phi) is 6.48. The zero-order valence-corrected chi connectivity index (χ0v) is 16.1. The summed E-state index contributed by atoms with van der Waals surface area (Å²) in [5, 5.41) is 5.29. The number of carbonyl (C=O) groups is 1. The monoisotopic (exact) mass is 361 g/mol. The maximum atomic E-state index is 12.5. The van der Waals surface area contributed by atoms with Crippen LogP contribution in [0.5, 0.6) is 5.75 Å². The number of hydrogen-bond acceptors (Lipinski definition) is 2. The van der Waals surface area contributed by atoms with E-state index >= 15 is 0 Å². The zero-order chi connectivity index (χ0) is 19.1. The average molecular weight is 361 g/mol. The topological polar surface area (TPSA) is 38.3 Å². The summed E-state index contributed by atoms with van der Waals surface area (Å²) in [5.41, 5.74) is 2.57. The van der Waals surface area contributed by atoms with Crippen molar-refractivity contribution in [2.75, 3.05) is 6.54 Å². The first kappa shape index (κ1) is 19.0. The summed E-state index contributed by atoms with van der Waals surface area (Å²) in [6.45, 7) is 4.71. The van der Waals surface area contributed by atoms with Crippen LogP contribution in [0.4, 0.5) is 0 Å². The molecule has 0 radical (unpaired) electrons. The second-order valence-corrected chi connectivity index (χ2v) is 6.90. The molecule has 0 aliphatic heterocycles. The molecule has 3 aromatic rings. The molecule has 3 rings (SSSR count). The Morgan fingerprint density at radius 1 is 1.00 bits per heavy atom. The maximum Gasteiger partial charge on any atom is 0.261 e. The molecule has 1 atom stereocenters. The Morgan fingerprint density at radius 2 is 1.74 bits per heavy atom.